The molecule has 0 amide bonds. The molecular weight excluding hydrogens is 444 g/mol. The Kier molecular flexibility index (Phi) is 4.10. The Morgan fingerprint density at radius 1 is 1.48 bits per heavy atom. The Morgan fingerprint density at radius 3 is 2.78 bits per heavy atom. The fraction of sp³-hybridized carbons (Fsp3) is 0.267. The van der Waals surface area contributed by atoms with Crippen LogP contribution in [0.1, 0.15) is 19.4 Å². The van der Waals surface area contributed by atoms with Gasteiger partial charge in [-0.2, -0.15) is 0 Å². The van der Waals surface area contributed by atoms with Gasteiger partial charge >= 0.3 is 0 Å². The largest absolute Gasteiger partial charge is 0.493 e. The summed E-state index contributed by atoms with van der Waals surface area (Å²) in [6.45, 7) is 4.10. The summed E-state index contributed by atoms with van der Waals surface area (Å²) >= 11 is 11.9. The smallest absolute Gasteiger partial charge is 0.221 e. The van der Waals surface area contributed by atoms with Crippen LogP contribution in [0.2, 0.25) is 0 Å². The molecule has 1 unspecified atom stereocenters. The molecule has 1 aromatic carbocycles. The molecule has 0 radical (unpaired) electrons. The lowest BCUT2D eigenvalue weighted by molar-refractivity contribution is 0.321. The minimum atomic E-state index is -0.409. The van der Waals surface area contributed by atoms with Crippen LogP contribution >= 0.6 is 44.1 Å². The Bertz CT molecular complexity index is 885. The molecule has 3 N–H and O–H groups in total. The third-order valence-corrected chi connectivity index (χ3v) is 6.27. The number of aromatic hydroxyl groups is 1. The molecule has 8 heteroatoms. The summed E-state index contributed by atoms with van der Waals surface area (Å²) in [6, 6.07) is 5.85. The predicted molar refractivity (Wildman–Crippen MR) is 104 cm³/mol. The van der Waals surface area contributed by atoms with E-state index in [4.69, 9.17) is 18.0 Å². The summed E-state index contributed by atoms with van der Waals surface area (Å²) in [5.41, 5.74) is 8.39. The molecule has 0 aliphatic carbocycles. The second-order valence-electron chi connectivity index (χ2n) is 5.83. The molecule has 1 atom stereocenters. The zero-order chi connectivity index (χ0) is 16.9. The van der Waals surface area contributed by atoms with Gasteiger partial charge in [-0.05, 0) is 36.6 Å². The average molecular weight is 458 g/mol. The van der Waals surface area contributed by atoms with Gasteiger partial charge in [0.05, 0.1) is 15.9 Å². The van der Waals surface area contributed by atoms with E-state index in [0.717, 1.165) is 22.0 Å². The molecule has 0 saturated carbocycles. The number of azo groups is 1. The van der Waals surface area contributed by atoms with E-state index in [9.17, 15) is 5.11 Å². The van der Waals surface area contributed by atoms with Crippen molar-refractivity contribution in [2.24, 2.45) is 16.0 Å². The molecule has 2 aromatic rings. The number of benzene rings is 1. The predicted octanol–water partition coefficient (Wildman–Crippen LogP) is 4.92. The topological polar surface area (TPSA) is 75.9 Å². The standard InChI is InChI=1S/C15H14Br2N4OS/c1-15(2)12(17)9(6-16)7-4-3-5-8-10(19-20-14(18)23)13(22)21(15)11(7)8/h3-6,12,22H,1-2H3,(H2,18,23)/b9-6-,20-19?. The second kappa shape index (κ2) is 5.68. The van der Waals surface area contributed by atoms with E-state index in [0.29, 0.717) is 5.69 Å². The first-order valence-corrected chi connectivity index (χ1v) is 9.07. The van der Waals surface area contributed by atoms with Crippen molar-refractivity contribution in [1.82, 2.24) is 4.57 Å². The van der Waals surface area contributed by atoms with Gasteiger partial charge in [0.2, 0.25) is 11.0 Å². The SMILES string of the molecule is CC1(C)C(Br)/C(=C\Br)c2cccc3c(N=NC(N)=S)c(O)n1c23. The number of para-hydroxylation sites is 1. The molecule has 120 valence electrons. The lowest BCUT2D eigenvalue weighted by Crippen LogP contribution is -2.39. The molecule has 1 aromatic heterocycles. The summed E-state index contributed by atoms with van der Waals surface area (Å²) in [5.74, 6) is 0.0514. The maximum Gasteiger partial charge on any atom is 0.221 e. The number of halogens is 2. The Balaban J connectivity index is 2.46. The number of nitrogens with zero attached hydrogens (tertiary/aromatic N) is 3. The number of hydrogen-bond acceptors (Lipinski definition) is 3. The Hall–Kier alpha value is -1.25. The molecule has 5 nitrogen and oxygen atoms in total. The van der Waals surface area contributed by atoms with Gasteiger partial charge in [0.25, 0.3) is 0 Å². The first-order valence-electron chi connectivity index (χ1n) is 6.83. The number of rotatable bonds is 1. The van der Waals surface area contributed by atoms with Crippen LogP contribution < -0.4 is 5.73 Å². The van der Waals surface area contributed by atoms with Crippen molar-refractivity contribution in [2.45, 2.75) is 24.2 Å². The van der Waals surface area contributed by atoms with Crippen molar-refractivity contribution in [3.63, 3.8) is 0 Å². The van der Waals surface area contributed by atoms with Gasteiger partial charge in [-0.1, -0.05) is 50.1 Å². The van der Waals surface area contributed by atoms with Crippen molar-refractivity contribution in [3.8, 4) is 5.88 Å². The lowest BCUT2D eigenvalue weighted by Gasteiger charge is -2.39. The van der Waals surface area contributed by atoms with Gasteiger partial charge in [0.15, 0.2) is 5.69 Å². The third kappa shape index (κ3) is 2.35. The van der Waals surface area contributed by atoms with Gasteiger partial charge in [-0.3, -0.25) is 0 Å². The highest BCUT2D eigenvalue weighted by molar-refractivity contribution is 9.11. The highest BCUT2D eigenvalue weighted by Crippen LogP contribution is 2.52. The lowest BCUT2D eigenvalue weighted by atomic mass is 9.86. The molecule has 2 heterocycles. The van der Waals surface area contributed by atoms with Gasteiger partial charge in [-0.15, -0.1) is 10.2 Å². The third-order valence-electron chi connectivity index (χ3n) is 4.09. The van der Waals surface area contributed by atoms with Crippen LogP contribution in [-0.2, 0) is 5.54 Å². The molecule has 3 rings (SSSR count). The Labute approximate surface area is 155 Å². The van der Waals surface area contributed by atoms with Gasteiger partial charge in [0, 0.05) is 10.9 Å². The highest BCUT2D eigenvalue weighted by Gasteiger charge is 2.41. The van der Waals surface area contributed by atoms with E-state index in [-0.39, 0.29) is 15.8 Å². The number of nitrogens with two attached hydrogens (primary N) is 1. The van der Waals surface area contributed by atoms with Crippen molar-refractivity contribution in [2.75, 3.05) is 0 Å². The van der Waals surface area contributed by atoms with E-state index in [1.807, 2.05) is 41.6 Å². The number of aromatic nitrogens is 1. The molecule has 1 aliphatic rings. The number of thiocarbonyl (C=S) groups is 1. The maximum atomic E-state index is 10.8. The Morgan fingerprint density at radius 2 is 2.17 bits per heavy atom. The molecule has 0 bridgehead atoms. The van der Waals surface area contributed by atoms with E-state index in [1.54, 1.807) is 0 Å². The van der Waals surface area contributed by atoms with Crippen LogP contribution in [-0.4, -0.2) is 19.6 Å². The monoisotopic (exact) mass is 456 g/mol. The van der Waals surface area contributed by atoms with Crippen LogP contribution in [0.15, 0.2) is 33.4 Å². The molecule has 23 heavy (non-hydrogen) atoms. The minimum absolute atomic E-state index is 0.00569. The summed E-state index contributed by atoms with van der Waals surface area (Å²) < 4.78 is 1.88. The quantitative estimate of drug-likeness (QED) is 0.362. The minimum Gasteiger partial charge on any atom is -0.493 e. The fourth-order valence-corrected chi connectivity index (χ4v) is 4.53. The average Bonchev–Trinajstić information content (AvgIpc) is 2.77. The number of alkyl halides is 1. The van der Waals surface area contributed by atoms with Gasteiger partial charge in [0.1, 0.15) is 0 Å². The normalized spacial score (nSPS) is 21.4. The zero-order valence-corrected chi connectivity index (χ0v) is 16.4. The van der Waals surface area contributed by atoms with E-state index in [1.165, 1.54) is 0 Å². The van der Waals surface area contributed by atoms with E-state index in [2.05, 4.69) is 42.1 Å². The zero-order valence-electron chi connectivity index (χ0n) is 12.4. The summed E-state index contributed by atoms with van der Waals surface area (Å²) in [4.78, 5) is 1.92. The second-order valence-corrected chi connectivity index (χ2v) is 7.62. The van der Waals surface area contributed by atoms with Crippen molar-refractivity contribution < 1.29 is 5.11 Å². The molecule has 1 aliphatic heterocycles. The number of allylic oxidation sites excluding steroid dienone is 1. The maximum absolute atomic E-state index is 10.8. The number of hydrogen-bond donors (Lipinski definition) is 2. The van der Waals surface area contributed by atoms with Crippen molar-refractivity contribution in [1.29, 1.82) is 0 Å². The first kappa shape index (κ1) is 16.6. The summed E-state index contributed by atoms with van der Waals surface area (Å²) in [6.07, 6.45) is 0. The molecular formula is C15H14Br2N4OS. The molecule has 0 saturated heterocycles. The van der Waals surface area contributed by atoms with Crippen LogP contribution in [0.25, 0.3) is 16.5 Å². The van der Waals surface area contributed by atoms with Gasteiger partial charge in [-0.25, -0.2) is 0 Å². The van der Waals surface area contributed by atoms with Crippen LogP contribution in [0.4, 0.5) is 5.69 Å². The van der Waals surface area contributed by atoms with E-state index >= 15 is 0 Å². The van der Waals surface area contributed by atoms with Crippen molar-refractivity contribution >= 4 is 71.4 Å². The summed E-state index contributed by atoms with van der Waals surface area (Å²) in [7, 11) is 0. The van der Waals surface area contributed by atoms with Crippen LogP contribution in [0.5, 0.6) is 5.88 Å². The molecule has 0 spiro atoms. The van der Waals surface area contributed by atoms with Crippen LogP contribution in [0, 0.1) is 0 Å². The molecule has 0 fully saturated rings. The van der Waals surface area contributed by atoms with Crippen LogP contribution in [0.3, 0.4) is 0 Å². The van der Waals surface area contributed by atoms with Gasteiger partial charge < -0.3 is 15.4 Å². The van der Waals surface area contributed by atoms with E-state index < -0.39 is 5.54 Å². The fourth-order valence-electron chi connectivity index (χ4n) is 3.04. The highest BCUT2D eigenvalue weighted by atomic mass is 79.9. The summed E-state index contributed by atoms with van der Waals surface area (Å²) in [5, 5.41) is 19.3. The first-order chi connectivity index (χ1) is 10.8. The van der Waals surface area contributed by atoms with Crippen molar-refractivity contribution in [3.05, 3.63) is 28.7 Å².